The van der Waals surface area contributed by atoms with Crippen molar-refractivity contribution in [2.75, 3.05) is 25.6 Å². The summed E-state index contributed by atoms with van der Waals surface area (Å²) in [6.45, 7) is -0.587. The lowest BCUT2D eigenvalue weighted by Crippen LogP contribution is -2.46. The zero-order valence-corrected chi connectivity index (χ0v) is 10.6. The SMILES string of the molecule is C#CCOC1(c2cc(N)nc(=O)[nH]2)CO[C@H](CO)C1O. The van der Waals surface area contributed by atoms with Crippen LogP contribution in [0.25, 0.3) is 0 Å². The van der Waals surface area contributed by atoms with Crippen molar-refractivity contribution in [2.24, 2.45) is 0 Å². The van der Waals surface area contributed by atoms with Crippen LogP contribution < -0.4 is 11.4 Å². The number of ether oxygens (including phenoxy) is 2. The van der Waals surface area contributed by atoms with Gasteiger partial charge in [-0.2, -0.15) is 4.98 Å². The molecule has 0 amide bonds. The summed E-state index contributed by atoms with van der Waals surface area (Å²) in [5.41, 5.74) is 3.66. The third-order valence-corrected chi connectivity index (χ3v) is 3.16. The van der Waals surface area contributed by atoms with Crippen LogP contribution in [0.2, 0.25) is 0 Å². The number of hydrogen-bond acceptors (Lipinski definition) is 7. The molecule has 0 aliphatic carbocycles. The highest BCUT2D eigenvalue weighted by Gasteiger charge is 2.52. The van der Waals surface area contributed by atoms with Crippen LogP contribution in [0.15, 0.2) is 10.9 Å². The van der Waals surface area contributed by atoms with E-state index in [1.807, 2.05) is 0 Å². The monoisotopic (exact) mass is 281 g/mol. The van der Waals surface area contributed by atoms with E-state index >= 15 is 0 Å². The molecule has 1 fully saturated rings. The maximum Gasteiger partial charge on any atom is 0.347 e. The Balaban J connectivity index is 2.47. The Morgan fingerprint density at radius 2 is 2.50 bits per heavy atom. The molecule has 0 radical (unpaired) electrons. The van der Waals surface area contributed by atoms with Crippen LogP contribution in [0.3, 0.4) is 0 Å². The number of aliphatic hydroxyl groups is 2. The Bertz CT molecular complexity index is 581. The quantitative estimate of drug-likeness (QED) is 0.467. The molecule has 20 heavy (non-hydrogen) atoms. The number of nitrogens with one attached hydrogen (secondary N) is 1. The second-order valence-electron chi connectivity index (χ2n) is 4.38. The largest absolute Gasteiger partial charge is 0.394 e. The molecule has 5 N–H and O–H groups in total. The van der Waals surface area contributed by atoms with Gasteiger partial charge in [-0.3, -0.25) is 0 Å². The van der Waals surface area contributed by atoms with Gasteiger partial charge in [-0.15, -0.1) is 6.42 Å². The van der Waals surface area contributed by atoms with Crippen LogP contribution in [0.4, 0.5) is 5.82 Å². The highest BCUT2D eigenvalue weighted by Crippen LogP contribution is 2.37. The number of rotatable bonds is 4. The molecule has 108 valence electrons. The molecule has 8 nitrogen and oxygen atoms in total. The third-order valence-electron chi connectivity index (χ3n) is 3.16. The first-order chi connectivity index (χ1) is 9.53. The Labute approximate surface area is 114 Å². The van der Waals surface area contributed by atoms with Gasteiger partial charge in [0.2, 0.25) is 0 Å². The number of hydrogen-bond donors (Lipinski definition) is 4. The molecule has 1 aliphatic rings. The van der Waals surface area contributed by atoms with Crippen molar-refractivity contribution in [1.82, 2.24) is 9.97 Å². The molecular formula is C12H15N3O5. The van der Waals surface area contributed by atoms with E-state index in [1.54, 1.807) is 0 Å². The average Bonchev–Trinajstić information content (AvgIpc) is 2.73. The smallest absolute Gasteiger partial charge is 0.347 e. The molecule has 1 saturated heterocycles. The van der Waals surface area contributed by atoms with Gasteiger partial charge >= 0.3 is 5.69 Å². The molecule has 1 aliphatic heterocycles. The van der Waals surface area contributed by atoms with Crippen LogP contribution in [-0.4, -0.2) is 52.2 Å². The first kappa shape index (κ1) is 14.5. The van der Waals surface area contributed by atoms with Gasteiger partial charge in [-0.05, 0) is 0 Å². The Kier molecular flexibility index (Phi) is 4.06. The van der Waals surface area contributed by atoms with Crippen molar-refractivity contribution in [3.05, 3.63) is 22.2 Å². The number of anilines is 1. The summed E-state index contributed by atoms with van der Waals surface area (Å²) in [6, 6.07) is 1.37. The van der Waals surface area contributed by atoms with Gasteiger partial charge in [0.05, 0.1) is 18.9 Å². The van der Waals surface area contributed by atoms with E-state index in [9.17, 15) is 9.90 Å². The van der Waals surface area contributed by atoms with E-state index in [2.05, 4.69) is 15.9 Å². The van der Waals surface area contributed by atoms with Gasteiger partial charge in [0, 0.05) is 6.07 Å². The fourth-order valence-corrected chi connectivity index (χ4v) is 2.18. The molecule has 0 bridgehead atoms. The van der Waals surface area contributed by atoms with E-state index in [0.717, 1.165) is 0 Å². The standard InChI is InChI=1S/C12H15N3O5/c1-2-3-20-12(6-19-7(5-16)10(12)17)8-4-9(13)15-11(18)14-8/h1,4,7,10,16-17H,3,5-6H2,(H3,13,14,15,18)/t7-,10?,12?/m1/s1. The zero-order chi connectivity index (χ0) is 14.8. The third kappa shape index (κ3) is 2.39. The Hall–Kier alpha value is -1.92. The normalized spacial score (nSPS) is 29.2. The fraction of sp³-hybridized carbons (Fsp3) is 0.500. The molecule has 0 saturated carbocycles. The summed E-state index contributed by atoms with van der Waals surface area (Å²) in [7, 11) is 0. The second-order valence-corrected chi connectivity index (χ2v) is 4.38. The van der Waals surface area contributed by atoms with Crippen LogP contribution in [0.1, 0.15) is 5.69 Å². The summed E-state index contributed by atoms with van der Waals surface area (Å²) < 4.78 is 10.8. The summed E-state index contributed by atoms with van der Waals surface area (Å²) in [5.74, 6) is 2.26. The van der Waals surface area contributed by atoms with Crippen molar-refractivity contribution < 1.29 is 19.7 Å². The molecule has 0 aromatic carbocycles. The van der Waals surface area contributed by atoms with Gasteiger partial charge in [-0.25, -0.2) is 4.79 Å². The minimum atomic E-state index is -1.39. The molecule has 2 rings (SSSR count). The first-order valence-electron chi connectivity index (χ1n) is 5.89. The average molecular weight is 281 g/mol. The lowest BCUT2D eigenvalue weighted by molar-refractivity contribution is -0.102. The second kappa shape index (κ2) is 5.60. The van der Waals surface area contributed by atoms with E-state index in [0.29, 0.717) is 0 Å². The molecule has 0 spiro atoms. The summed E-state index contributed by atoms with van der Waals surface area (Å²) in [6.07, 6.45) is 3.11. The number of nitrogen functional groups attached to an aromatic ring is 1. The first-order valence-corrected chi connectivity index (χ1v) is 5.89. The lowest BCUT2D eigenvalue weighted by Gasteiger charge is -2.31. The Morgan fingerprint density at radius 1 is 1.75 bits per heavy atom. The van der Waals surface area contributed by atoms with E-state index in [-0.39, 0.29) is 24.7 Å². The highest BCUT2D eigenvalue weighted by atomic mass is 16.6. The molecule has 2 heterocycles. The fourth-order valence-electron chi connectivity index (χ4n) is 2.18. The minimum Gasteiger partial charge on any atom is -0.394 e. The number of H-pyrrole nitrogens is 1. The van der Waals surface area contributed by atoms with Crippen LogP contribution in [0.5, 0.6) is 0 Å². The molecule has 3 atom stereocenters. The number of aromatic amines is 1. The Morgan fingerprint density at radius 3 is 3.05 bits per heavy atom. The molecule has 2 unspecified atom stereocenters. The van der Waals surface area contributed by atoms with Crippen molar-refractivity contribution in [3.63, 3.8) is 0 Å². The molecule has 8 heteroatoms. The maximum atomic E-state index is 11.4. The predicted octanol–water partition coefficient (Wildman–Crippen LogP) is -2.05. The minimum absolute atomic E-state index is 0.0212. The van der Waals surface area contributed by atoms with Gasteiger partial charge in [-0.1, -0.05) is 5.92 Å². The van der Waals surface area contributed by atoms with Gasteiger partial charge in [0.25, 0.3) is 0 Å². The van der Waals surface area contributed by atoms with Gasteiger partial charge < -0.3 is 30.4 Å². The number of aromatic nitrogens is 2. The van der Waals surface area contributed by atoms with E-state index in [4.69, 9.17) is 26.7 Å². The zero-order valence-electron chi connectivity index (χ0n) is 10.6. The number of aliphatic hydroxyl groups excluding tert-OH is 2. The summed E-state index contributed by atoms with van der Waals surface area (Å²) in [5, 5.41) is 19.5. The van der Waals surface area contributed by atoms with Crippen LogP contribution in [-0.2, 0) is 15.1 Å². The van der Waals surface area contributed by atoms with Gasteiger partial charge in [0.15, 0.2) is 5.60 Å². The summed E-state index contributed by atoms with van der Waals surface area (Å²) >= 11 is 0. The van der Waals surface area contributed by atoms with Crippen LogP contribution in [0, 0.1) is 12.3 Å². The lowest BCUT2D eigenvalue weighted by atomic mass is 9.92. The van der Waals surface area contributed by atoms with E-state index < -0.39 is 30.1 Å². The van der Waals surface area contributed by atoms with E-state index in [1.165, 1.54) is 6.07 Å². The summed E-state index contributed by atoms with van der Waals surface area (Å²) in [4.78, 5) is 17.4. The number of nitrogens with zero attached hydrogens (tertiary/aromatic N) is 1. The molecular weight excluding hydrogens is 266 g/mol. The van der Waals surface area contributed by atoms with Crippen molar-refractivity contribution >= 4 is 5.82 Å². The van der Waals surface area contributed by atoms with Gasteiger partial charge in [0.1, 0.15) is 24.6 Å². The van der Waals surface area contributed by atoms with Crippen molar-refractivity contribution in [2.45, 2.75) is 17.8 Å². The van der Waals surface area contributed by atoms with Crippen molar-refractivity contribution in [1.29, 1.82) is 0 Å². The number of nitrogens with two attached hydrogens (primary N) is 1. The number of terminal acetylenes is 1. The maximum absolute atomic E-state index is 11.4. The van der Waals surface area contributed by atoms with Crippen LogP contribution >= 0.6 is 0 Å². The predicted molar refractivity (Wildman–Crippen MR) is 68.6 cm³/mol. The topological polar surface area (TPSA) is 131 Å². The highest BCUT2D eigenvalue weighted by molar-refractivity contribution is 5.32. The van der Waals surface area contributed by atoms with Crippen molar-refractivity contribution in [3.8, 4) is 12.3 Å². The molecule has 1 aromatic rings. The molecule has 1 aromatic heterocycles.